The molecule has 5 nitrogen and oxygen atoms in total. The lowest BCUT2D eigenvalue weighted by molar-refractivity contribution is 0.0953. The SMILES string of the molecule is Cc1cc(C)c2c(C)c(C(=O)NCc3nc4ccccc4[nH]3)sc2n1. The number of hydrogen-bond acceptors (Lipinski definition) is 4. The zero-order valence-electron chi connectivity index (χ0n) is 14.3. The number of H-pyrrole nitrogens is 1. The van der Waals surface area contributed by atoms with Crippen LogP contribution in [-0.2, 0) is 6.54 Å². The van der Waals surface area contributed by atoms with Crippen molar-refractivity contribution in [2.24, 2.45) is 0 Å². The van der Waals surface area contributed by atoms with Crippen molar-refractivity contribution in [3.8, 4) is 0 Å². The van der Waals surface area contributed by atoms with Crippen molar-refractivity contribution >= 4 is 38.5 Å². The number of nitrogens with zero attached hydrogens (tertiary/aromatic N) is 2. The lowest BCUT2D eigenvalue weighted by Crippen LogP contribution is -2.23. The Hall–Kier alpha value is -2.73. The summed E-state index contributed by atoms with van der Waals surface area (Å²) < 4.78 is 0. The molecule has 0 bridgehead atoms. The van der Waals surface area contributed by atoms with Gasteiger partial charge in [0, 0.05) is 11.1 Å². The van der Waals surface area contributed by atoms with Gasteiger partial charge in [-0.2, -0.15) is 0 Å². The van der Waals surface area contributed by atoms with Gasteiger partial charge in [-0.25, -0.2) is 9.97 Å². The van der Waals surface area contributed by atoms with Crippen LogP contribution in [0.2, 0.25) is 0 Å². The minimum absolute atomic E-state index is 0.0852. The van der Waals surface area contributed by atoms with Gasteiger partial charge < -0.3 is 10.3 Å². The highest BCUT2D eigenvalue weighted by atomic mass is 32.1. The van der Waals surface area contributed by atoms with Crippen molar-refractivity contribution in [2.45, 2.75) is 27.3 Å². The average molecular weight is 350 g/mol. The number of pyridine rings is 1. The lowest BCUT2D eigenvalue weighted by atomic mass is 10.1. The quantitative estimate of drug-likeness (QED) is 0.586. The number of hydrogen-bond donors (Lipinski definition) is 2. The number of aromatic nitrogens is 3. The Morgan fingerprint density at radius 3 is 2.80 bits per heavy atom. The minimum atomic E-state index is -0.0852. The first-order chi connectivity index (χ1) is 12.0. The van der Waals surface area contributed by atoms with Crippen LogP contribution in [0.4, 0.5) is 0 Å². The van der Waals surface area contributed by atoms with Gasteiger partial charge in [0.15, 0.2) is 0 Å². The molecular formula is C19H18N4OS. The molecular weight excluding hydrogens is 332 g/mol. The maximum absolute atomic E-state index is 12.6. The molecule has 1 aromatic carbocycles. The van der Waals surface area contributed by atoms with E-state index in [1.165, 1.54) is 11.3 Å². The number of carbonyl (C=O) groups is 1. The van der Waals surface area contributed by atoms with E-state index >= 15 is 0 Å². The molecule has 0 saturated heterocycles. The van der Waals surface area contributed by atoms with E-state index in [2.05, 4.69) is 33.3 Å². The number of amides is 1. The molecule has 0 radical (unpaired) electrons. The Balaban J connectivity index is 1.59. The van der Waals surface area contributed by atoms with E-state index in [1.807, 2.05) is 38.1 Å². The van der Waals surface area contributed by atoms with E-state index in [1.54, 1.807) is 0 Å². The molecule has 4 aromatic rings. The molecule has 126 valence electrons. The number of nitrogens with one attached hydrogen (secondary N) is 2. The Kier molecular flexibility index (Phi) is 3.77. The van der Waals surface area contributed by atoms with Gasteiger partial charge >= 0.3 is 0 Å². The van der Waals surface area contributed by atoms with E-state index in [9.17, 15) is 4.79 Å². The van der Waals surface area contributed by atoms with Crippen LogP contribution in [0.1, 0.15) is 32.3 Å². The zero-order chi connectivity index (χ0) is 17.6. The highest BCUT2D eigenvalue weighted by Gasteiger charge is 2.18. The molecule has 0 aliphatic carbocycles. The minimum Gasteiger partial charge on any atom is -0.344 e. The molecule has 0 fully saturated rings. The van der Waals surface area contributed by atoms with Crippen molar-refractivity contribution in [1.82, 2.24) is 20.3 Å². The van der Waals surface area contributed by atoms with Gasteiger partial charge in [0.25, 0.3) is 5.91 Å². The molecule has 0 aliphatic heterocycles. The zero-order valence-corrected chi connectivity index (χ0v) is 15.1. The van der Waals surface area contributed by atoms with E-state index in [0.29, 0.717) is 11.4 Å². The largest absolute Gasteiger partial charge is 0.344 e. The van der Waals surface area contributed by atoms with Gasteiger partial charge in [-0.1, -0.05) is 12.1 Å². The molecule has 0 saturated carbocycles. The molecule has 25 heavy (non-hydrogen) atoms. The second-order valence-corrected chi connectivity index (χ2v) is 7.20. The Bertz CT molecular complexity index is 1080. The van der Waals surface area contributed by atoms with E-state index in [-0.39, 0.29) is 5.91 Å². The molecule has 0 aliphatic rings. The molecule has 3 aromatic heterocycles. The highest BCUT2D eigenvalue weighted by molar-refractivity contribution is 7.20. The van der Waals surface area contributed by atoms with E-state index < -0.39 is 0 Å². The van der Waals surface area contributed by atoms with Crippen LogP contribution in [0.3, 0.4) is 0 Å². The fourth-order valence-corrected chi connectivity index (χ4v) is 4.39. The smallest absolute Gasteiger partial charge is 0.262 e. The van der Waals surface area contributed by atoms with Crippen LogP contribution < -0.4 is 5.32 Å². The van der Waals surface area contributed by atoms with Crippen molar-refractivity contribution in [1.29, 1.82) is 0 Å². The highest BCUT2D eigenvalue weighted by Crippen LogP contribution is 2.32. The number of carbonyl (C=O) groups excluding carboxylic acids is 1. The number of benzene rings is 1. The first kappa shape index (κ1) is 15.8. The number of para-hydroxylation sites is 2. The summed E-state index contributed by atoms with van der Waals surface area (Å²) in [5.74, 6) is 0.663. The molecule has 4 rings (SSSR count). The third-order valence-electron chi connectivity index (χ3n) is 4.29. The molecule has 6 heteroatoms. The van der Waals surface area contributed by atoms with Crippen LogP contribution in [-0.4, -0.2) is 20.9 Å². The maximum Gasteiger partial charge on any atom is 0.262 e. The molecule has 0 unspecified atom stereocenters. The van der Waals surface area contributed by atoms with Crippen LogP contribution in [0.15, 0.2) is 30.3 Å². The molecule has 1 amide bonds. The van der Waals surface area contributed by atoms with Gasteiger partial charge in [-0.3, -0.25) is 4.79 Å². The summed E-state index contributed by atoms with van der Waals surface area (Å²) in [6.07, 6.45) is 0. The van der Waals surface area contributed by atoms with Crippen molar-refractivity contribution in [3.63, 3.8) is 0 Å². The van der Waals surface area contributed by atoms with Crippen LogP contribution in [0.5, 0.6) is 0 Å². The third-order valence-corrected chi connectivity index (χ3v) is 5.47. The summed E-state index contributed by atoms with van der Waals surface area (Å²) in [6.45, 7) is 6.39. The number of thiophene rings is 1. The third kappa shape index (κ3) is 2.78. The molecule has 2 N–H and O–H groups in total. The summed E-state index contributed by atoms with van der Waals surface area (Å²) in [7, 11) is 0. The summed E-state index contributed by atoms with van der Waals surface area (Å²) in [5.41, 5.74) is 5.00. The van der Waals surface area contributed by atoms with Gasteiger partial charge in [-0.15, -0.1) is 11.3 Å². The van der Waals surface area contributed by atoms with Gasteiger partial charge in [-0.05, 0) is 50.1 Å². The van der Waals surface area contributed by atoms with Gasteiger partial charge in [0.1, 0.15) is 10.7 Å². The number of aromatic amines is 1. The number of imidazole rings is 1. The first-order valence-corrected chi connectivity index (χ1v) is 8.94. The normalized spacial score (nSPS) is 11.3. The average Bonchev–Trinajstić information content (AvgIpc) is 3.13. The first-order valence-electron chi connectivity index (χ1n) is 8.12. The van der Waals surface area contributed by atoms with Crippen LogP contribution >= 0.6 is 11.3 Å². The Labute approximate surface area is 149 Å². The Morgan fingerprint density at radius 2 is 2.00 bits per heavy atom. The van der Waals surface area contributed by atoms with Crippen LogP contribution in [0.25, 0.3) is 21.3 Å². The van der Waals surface area contributed by atoms with Crippen molar-refractivity contribution < 1.29 is 4.79 Å². The predicted molar refractivity (Wildman–Crippen MR) is 101 cm³/mol. The molecule has 0 spiro atoms. The molecule has 0 atom stereocenters. The predicted octanol–water partition coefficient (Wildman–Crippen LogP) is 4.03. The summed E-state index contributed by atoms with van der Waals surface area (Å²) in [6, 6.07) is 9.88. The summed E-state index contributed by atoms with van der Waals surface area (Å²) in [5, 5.41) is 4.05. The van der Waals surface area contributed by atoms with E-state index in [0.717, 1.165) is 43.9 Å². The number of rotatable bonds is 3. The van der Waals surface area contributed by atoms with Crippen LogP contribution in [0, 0.1) is 20.8 Å². The molecule has 3 heterocycles. The maximum atomic E-state index is 12.6. The van der Waals surface area contributed by atoms with Gasteiger partial charge in [0.05, 0.1) is 22.5 Å². The summed E-state index contributed by atoms with van der Waals surface area (Å²) in [4.78, 5) is 26.6. The lowest BCUT2D eigenvalue weighted by Gasteiger charge is -2.02. The number of aryl methyl sites for hydroxylation is 3. The fourth-order valence-electron chi connectivity index (χ4n) is 3.17. The van der Waals surface area contributed by atoms with E-state index in [4.69, 9.17) is 0 Å². The second-order valence-electron chi connectivity index (χ2n) is 6.20. The monoisotopic (exact) mass is 350 g/mol. The standard InChI is InChI=1S/C19H18N4OS/c1-10-8-11(2)21-19-16(10)12(3)17(25-19)18(24)20-9-15-22-13-6-4-5-7-14(13)23-15/h4-8H,9H2,1-3H3,(H,20,24)(H,22,23). The number of fused-ring (bicyclic) bond motifs is 2. The Morgan fingerprint density at radius 1 is 1.20 bits per heavy atom. The van der Waals surface area contributed by atoms with Crippen molar-refractivity contribution in [3.05, 3.63) is 57.9 Å². The van der Waals surface area contributed by atoms with Crippen molar-refractivity contribution in [2.75, 3.05) is 0 Å². The topological polar surface area (TPSA) is 70.7 Å². The summed E-state index contributed by atoms with van der Waals surface area (Å²) >= 11 is 1.45. The second kappa shape index (κ2) is 5.97. The van der Waals surface area contributed by atoms with Gasteiger partial charge in [0.2, 0.25) is 0 Å². The fraction of sp³-hybridized carbons (Fsp3) is 0.211.